The van der Waals surface area contributed by atoms with E-state index >= 15 is 0 Å². The topological polar surface area (TPSA) is 15.7 Å². The smallest absolute Gasteiger partial charge is 0.125 e. The van der Waals surface area contributed by atoms with Crippen molar-refractivity contribution in [2.24, 2.45) is 11.8 Å². The highest BCUT2D eigenvalue weighted by atomic mass is 16.7. The van der Waals surface area contributed by atoms with Crippen molar-refractivity contribution in [1.82, 2.24) is 9.96 Å². The first-order chi connectivity index (χ1) is 10.8. The lowest BCUT2D eigenvalue weighted by molar-refractivity contribution is -0.0512. The van der Waals surface area contributed by atoms with Gasteiger partial charge in [-0.15, -0.1) is 0 Å². The van der Waals surface area contributed by atoms with Crippen LogP contribution in [0.1, 0.15) is 46.0 Å². The van der Waals surface area contributed by atoms with E-state index in [1.165, 1.54) is 11.4 Å². The van der Waals surface area contributed by atoms with E-state index in [0.717, 1.165) is 55.8 Å². The Kier molecular flexibility index (Phi) is 5.40. The first-order valence-electron chi connectivity index (χ1n) is 8.46. The van der Waals surface area contributed by atoms with Crippen molar-refractivity contribution < 1.29 is 4.84 Å². The third kappa shape index (κ3) is 3.90. The molecule has 0 N–H and O–H groups in total. The summed E-state index contributed by atoms with van der Waals surface area (Å²) in [6.45, 7) is 25.9. The molecule has 126 valence electrons. The van der Waals surface area contributed by atoms with Gasteiger partial charge < -0.3 is 9.74 Å². The van der Waals surface area contributed by atoms with Gasteiger partial charge in [-0.25, -0.2) is 0 Å². The standard InChI is InChI=1S/C20H30N2O/c1-14(2)20-13-17(5)21(19(20)7)12-8-9-18(6)23-22-15(3)10-11-16(22)4/h14,20H,3-13H2,1-2H3. The van der Waals surface area contributed by atoms with E-state index in [2.05, 4.69) is 51.6 Å². The van der Waals surface area contributed by atoms with E-state index in [-0.39, 0.29) is 0 Å². The molecule has 0 saturated carbocycles. The molecule has 1 atom stereocenters. The molecule has 2 heterocycles. The third-order valence-electron chi connectivity index (χ3n) is 4.75. The minimum absolute atomic E-state index is 0.526. The summed E-state index contributed by atoms with van der Waals surface area (Å²) in [5.41, 5.74) is 4.30. The first kappa shape index (κ1) is 17.5. The average molecular weight is 314 g/mol. The fraction of sp³-hybridized carbons (Fsp3) is 0.500. The zero-order chi connectivity index (χ0) is 17.1. The lowest BCUT2D eigenvalue weighted by Crippen LogP contribution is -2.20. The van der Waals surface area contributed by atoms with Gasteiger partial charge in [0.25, 0.3) is 0 Å². The highest BCUT2D eigenvalue weighted by Gasteiger charge is 2.31. The van der Waals surface area contributed by atoms with E-state index in [4.69, 9.17) is 4.84 Å². The highest BCUT2D eigenvalue weighted by Crippen LogP contribution is 2.38. The summed E-state index contributed by atoms with van der Waals surface area (Å²) >= 11 is 0. The zero-order valence-corrected chi connectivity index (χ0v) is 14.7. The van der Waals surface area contributed by atoms with Crippen molar-refractivity contribution in [2.45, 2.75) is 46.0 Å². The second-order valence-corrected chi connectivity index (χ2v) is 6.92. The van der Waals surface area contributed by atoms with Gasteiger partial charge in [-0.1, -0.05) is 46.7 Å². The summed E-state index contributed by atoms with van der Waals surface area (Å²) in [5.74, 6) is 1.89. The van der Waals surface area contributed by atoms with Gasteiger partial charge in [0.05, 0.1) is 11.4 Å². The number of nitrogens with zero attached hydrogens (tertiary/aromatic N) is 2. The minimum atomic E-state index is 0.526. The molecule has 2 aliphatic heterocycles. The number of allylic oxidation sites excluding steroid dienone is 5. The molecule has 1 unspecified atom stereocenters. The largest absolute Gasteiger partial charge is 0.380 e. The van der Waals surface area contributed by atoms with Crippen molar-refractivity contribution >= 4 is 0 Å². The monoisotopic (exact) mass is 314 g/mol. The zero-order valence-electron chi connectivity index (χ0n) is 14.7. The molecular formula is C20H30N2O. The van der Waals surface area contributed by atoms with Crippen LogP contribution in [0, 0.1) is 11.8 Å². The molecule has 0 bridgehead atoms. The maximum absolute atomic E-state index is 5.79. The summed E-state index contributed by atoms with van der Waals surface area (Å²) in [6, 6.07) is 0. The fourth-order valence-corrected chi connectivity index (χ4v) is 3.26. The second-order valence-electron chi connectivity index (χ2n) is 6.92. The first-order valence-corrected chi connectivity index (χ1v) is 8.46. The Morgan fingerprint density at radius 3 is 2.26 bits per heavy atom. The van der Waals surface area contributed by atoms with Gasteiger partial charge in [0.1, 0.15) is 5.76 Å². The normalized spacial score (nSPS) is 21.8. The molecule has 3 heteroatoms. The number of hydroxylamine groups is 2. The van der Waals surface area contributed by atoms with Gasteiger partial charge in [0, 0.05) is 30.3 Å². The molecule has 2 saturated heterocycles. The maximum atomic E-state index is 5.79. The molecule has 0 radical (unpaired) electrons. The second kappa shape index (κ2) is 7.12. The Morgan fingerprint density at radius 2 is 1.74 bits per heavy atom. The Hall–Kier alpha value is -1.90. The van der Waals surface area contributed by atoms with Crippen molar-refractivity contribution in [3.63, 3.8) is 0 Å². The molecule has 0 aromatic rings. The minimum Gasteiger partial charge on any atom is -0.380 e. The van der Waals surface area contributed by atoms with Crippen LogP contribution in [0.3, 0.4) is 0 Å². The van der Waals surface area contributed by atoms with Gasteiger partial charge >= 0.3 is 0 Å². The number of rotatable bonds is 7. The van der Waals surface area contributed by atoms with Crippen molar-refractivity contribution in [3.8, 4) is 0 Å². The summed E-state index contributed by atoms with van der Waals surface area (Å²) in [4.78, 5) is 8.06. The molecule has 3 nitrogen and oxygen atoms in total. The Balaban J connectivity index is 1.77. The molecule has 0 aliphatic carbocycles. The van der Waals surface area contributed by atoms with Crippen LogP contribution in [0.4, 0.5) is 0 Å². The third-order valence-corrected chi connectivity index (χ3v) is 4.75. The van der Waals surface area contributed by atoms with E-state index in [0.29, 0.717) is 11.8 Å². The highest BCUT2D eigenvalue weighted by molar-refractivity contribution is 5.20. The number of likely N-dealkylation sites (tertiary alicyclic amines) is 1. The lowest BCUT2D eigenvalue weighted by Gasteiger charge is -2.25. The average Bonchev–Trinajstić information content (AvgIpc) is 2.94. The predicted molar refractivity (Wildman–Crippen MR) is 96.7 cm³/mol. The molecule has 0 amide bonds. The summed E-state index contributed by atoms with van der Waals surface area (Å²) in [7, 11) is 0. The molecule has 0 spiro atoms. The Labute approximate surface area is 141 Å². The molecular weight excluding hydrogens is 284 g/mol. The van der Waals surface area contributed by atoms with Crippen LogP contribution in [-0.2, 0) is 4.84 Å². The molecule has 2 fully saturated rings. The summed E-state index contributed by atoms with van der Waals surface area (Å²) in [5, 5.41) is 1.73. The van der Waals surface area contributed by atoms with E-state index < -0.39 is 0 Å². The quantitative estimate of drug-likeness (QED) is 0.590. The van der Waals surface area contributed by atoms with Crippen LogP contribution < -0.4 is 0 Å². The lowest BCUT2D eigenvalue weighted by atomic mass is 9.92. The van der Waals surface area contributed by atoms with Crippen LogP contribution in [-0.4, -0.2) is 16.5 Å². The summed E-state index contributed by atoms with van der Waals surface area (Å²) in [6.07, 6.45) is 4.63. The van der Waals surface area contributed by atoms with Crippen LogP contribution in [0.2, 0.25) is 0 Å². The molecule has 0 aromatic heterocycles. The SMILES string of the molecule is C=C(CCCN1C(=C)CC(C(C)C)C1=C)ON1C(=C)CCC1=C. The van der Waals surface area contributed by atoms with Crippen LogP contribution >= 0.6 is 0 Å². The predicted octanol–water partition coefficient (Wildman–Crippen LogP) is 5.34. The van der Waals surface area contributed by atoms with Crippen LogP contribution in [0.15, 0.2) is 61.4 Å². The van der Waals surface area contributed by atoms with Crippen LogP contribution in [0.5, 0.6) is 0 Å². The van der Waals surface area contributed by atoms with Crippen molar-refractivity contribution in [2.75, 3.05) is 6.54 Å². The van der Waals surface area contributed by atoms with Gasteiger partial charge in [-0.2, -0.15) is 5.06 Å². The van der Waals surface area contributed by atoms with Gasteiger partial charge in [0.2, 0.25) is 0 Å². The number of hydrogen-bond donors (Lipinski definition) is 0. The molecule has 2 aliphatic rings. The maximum Gasteiger partial charge on any atom is 0.125 e. The van der Waals surface area contributed by atoms with Gasteiger partial charge in [-0.3, -0.25) is 0 Å². The molecule has 0 aromatic carbocycles. The summed E-state index contributed by atoms with van der Waals surface area (Å²) < 4.78 is 0. The van der Waals surface area contributed by atoms with E-state index in [9.17, 15) is 0 Å². The Morgan fingerprint density at radius 1 is 1.13 bits per heavy atom. The van der Waals surface area contributed by atoms with Gasteiger partial charge in [0.15, 0.2) is 0 Å². The molecule has 23 heavy (non-hydrogen) atoms. The van der Waals surface area contributed by atoms with E-state index in [1.54, 1.807) is 5.06 Å². The van der Waals surface area contributed by atoms with Crippen molar-refractivity contribution in [1.29, 1.82) is 0 Å². The van der Waals surface area contributed by atoms with E-state index in [1.807, 2.05) is 0 Å². The van der Waals surface area contributed by atoms with Gasteiger partial charge in [-0.05, 0) is 31.6 Å². The van der Waals surface area contributed by atoms with Crippen molar-refractivity contribution in [3.05, 3.63) is 61.4 Å². The number of hydrogen-bond acceptors (Lipinski definition) is 3. The Bertz CT molecular complexity index is 528. The fourth-order valence-electron chi connectivity index (χ4n) is 3.26. The molecule has 2 rings (SSSR count). The van der Waals surface area contributed by atoms with Crippen LogP contribution in [0.25, 0.3) is 0 Å².